The predicted octanol–water partition coefficient (Wildman–Crippen LogP) is 6.56. The number of thiazole rings is 1. The van der Waals surface area contributed by atoms with Crippen LogP contribution >= 0.6 is 23.1 Å². The van der Waals surface area contributed by atoms with Crippen LogP contribution in [0.25, 0.3) is 16.3 Å². The Morgan fingerprint density at radius 1 is 1.05 bits per heavy atom. The zero-order valence-corrected chi connectivity index (χ0v) is 27.1. The summed E-state index contributed by atoms with van der Waals surface area (Å²) in [5.74, 6) is -0.427. The van der Waals surface area contributed by atoms with Crippen LogP contribution in [-0.4, -0.2) is 36.3 Å². The van der Waals surface area contributed by atoms with Crippen LogP contribution in [0.4, 0.5) is 5.69 Å². The van der Waals surface area contributed by atoms with E-state index in [-0.39, 0.29) is 29.2 Å². The van der Waals surface area contributed by atoms with Crippen molar-refractivity contribution in [3.8, 4) is 0 Å². The monoisotopic (exact) mass is 646 g/mol. The van der Waals surface area contributed by atoms with Gasteiger partial charge in [-0.1, -0.05) is 79.4 Å². The van der Waals surface area contributed by atoms with Crippen molar-refractivity contribution < 1.29 is 27.1 Å². The number of carbonyl (C=O) groups excluding carboxylic acids is 2. The van der Waals surface area contributed by atoms with Crippen LogP contribution in [0.2, 0.25) is 0 Å². The molecule has 0 bridgehead atoms. The number of anilines is 1. The summed E-state index contributed by atoms with van der Waals surface area (Å²) in [6.07, 6.45) is 13.2. The molecule has 2 heterocycles. The Morgan fingerprint density at radius 2 is 1.77 bits per heavy atom. The molecule has 0 radical (unpaired) electrons. The van der Waals surface area contributed by atoms with Crippen LogP contribution in [-0.2, 0) is 26.3 Å². The number of rotatable bonds is 8. The molecule has 44 heavy (non-hydrogen) atoms. The van der Waals surface area contributed by atoms with Crippen molar-refractivity contribution >= 4 is 66.8 Å². The van der Waals surface area contributed by atoms with Crippen molar-refractivity contribution in [2.24, 2.45) is 5.41 Å². The Kier molecular flexibility index (Phi) is 8.54. The van der Waals surface area contributed by atoms with E-state index >= 15 is 0 Å². The molecule has 6 rings (SSSR count). The van der Waals surface area contributed by atoms with Gasteiger partial charge in [0.1, 0.15) is 4.70 Å². The topological polar surface area (TPSA) is 98.5 Å². The van der Waals surface area contributed by atoms with E-state index in [4.69, 9.17) is 0 Å². The van der Waals surface area contributed by atoms with Crippen LogP contribution in [0, 0.1) is 5.41 Å². The summed E-state index contributed by atoms with van der Waals surface area (Å²) in [5.41, 5.74) is 4.27. The molecule has 7 nitrogen and oxygen atoms in total. The van der Waals surface area contributed by atoms with E-state index in [0.29, 0.717) is 19.4 Å². The number of hydrogen-bond acceptors (Lipinski definition) is 8. The Morgan fingerprint density at radius 3 is 2.55 bits per heavy atom. The maximum Gasteiger partial charge on any atom is 0.262 e. The maximum atomic E-state index is 12.8. The Hall–Kier alpha value is -3.31. The second-order valence-corrected chi connectivity index (χ2v) is 15.9. The largest absolute Gasteiger partial charge is 0.748 e. The summed E-state index contributed by atoms with van der Waals surface area (Å²) in [5, 5.41) is 1.89. The Balaban J connectivity index is 1.30. The van der Waals surface area contributed by atoms with Crippen molar-refractivity contribution in [3.05, 3.63) is 94.0 Å². The molecule has 2 aromatic carbocycles. The molecule has 1 aromatic heterocycles. The van der Waals surface area contributed by atoms with Gasteiger partial charge >= 0.3 is 0 Å². The quantitative estimate of drug-likeness (QED) is 0.155. The van der Waals surface area contributed by atoms with Crippen molar-refractivity contribution in [1.82, 2.24) is 0 Å². The Labute approximate surface area is 266 Å². The molecular formula is C34H34N2O5S3. The smallest absolute Gasteiger partial charge is 0.262 e. The first kappa shape index (κ1) is 30.7. The minimum absolute atomic E-state index is 0.0160. The summed E-state index contributed by atoms with van der Waals surface area (Å²) < 4.78 is 36.7. The van der Waals surface area contributed by atoms with Crippen molar-refractivity contribution in [2.45, 2.75) is 63.4 Å². The van der Waals surface area contributed by atoms with E-state index in [1.807, 2.05) is 65.6 Å². The number of para-hydroxylation sites is 2. The van der Waals surface area contributed by atoms with E-state index in [1.165, 1.54) is 5.57 Å². The molecule has 0 amide bonds. The maximum absolute atomic E-state index is 12.8. The molecule has 3 aromatic rings. The zero-order chi connectivity index (χ0) is 31.1. The number of aromatic nitrogens is 1. The molecule has 0 atom stereocenters. The van der Waals surface area contributed by atoms with Gasteiger partial charge in [0.25, 0.3) is 5.01 Å². The summed E-state index contributed by atoms with van der Waals surface area (Å²) in [4.78, 5) is 28.6. The molecule has 0 N–H and O–H groups in total. The van der Waals surface area contributed by atoms with Gasteiger partial charge < -0.3 is 9.45 Å². The fourth-order valence-electron chi connectivity index (χ4n) is 6.30. The standard InChI is InChI=1S/C34H34N2O5S3/c1-34(2)21-23(9-7-14-31-35(17-8-18-44(39,40)41)25-10-3-5-12-29(25)42-31)19-24(22-34)20-32-36(33-27(37)15-16-28(33)38)26-11-4-6-13-30(26)43-32/h3-7,9-14,19-20,33H,8,15-18,21-22H2,1-2H3. The lowest BCUT2D eigenvalue weighted by atomic mass is 9.75. The molecule has 228 valence electrons. The number of fused-ring (bicyclic) bond motifs is 2. The number of aryl methyl sites for hydroxylation is 1. The molecule has 3 aliphatic rings. The van der Waals surface area contributed by atoms with Gasteiger partial charge in [-0.25, -0.2) is 8.42 Å². The van der Waals surface area contributed by atoms with E-state index in [2.05, 4.69) is 36.6 Å². The lowest BCUT2D eigenvalue weighted by Crippen LogP contribution is -2.40. The lowest BCUT2D eigenvalue weighted by Gasteiger charge is -2.31. The number of ketones is 2. The predicted molar refractivity (Wildman–Crippen MR) is 175 cm³/mol. The number of carbonyl (C=O) groups is 2. The van der Waals surface area contributed by atoms with Gasteiger partial charge in [0.15, 0.2) is 24.2 Å². The summed E-state index contributed by atoms with van der Waals surface area (Å²) in [6.45, 7) is 4.94. The van der Waals surface area contributed by atoms with E-state index in [1.54, 1.807) is 23.1 Å². The summed E-state index contributed by atoms with van der Waals surface area (Å²) in [6, 6.07) is 15.2. The van der Waals surface area contributed by atoms with Crippen LogP contribution in [0.1, 0.15) is 51.0 Å². The third-order valence-corrected chi connectivity index (χ3v) is 11.1. The van der Waals surface area contributed by atoms with Crippen molar-refractivity contribution in [1.29, 1.82) is 0 Å². The fourth-order valence-corrected chi connectivity index (χ4v) is 9.04. The first-order valence-electron chi connectivity index (χ1n) is 14.7. The van der Waals surface area contributed by atoms with Crippen LogP contribution in [0.15, 0.2) is 93.9 Å². The van der Waals surface area contributed by atoms with Gasteiger partial charge in [-0.05, 0) is 53.7 Å². The molecule has 0 saturated heterocycles. The fraction of sp³-hybridized carbons (Fsp3) is 0.324. The molecule has 1 fully saturated rings. The zero-order valence-electron chi connectivity index (χ0n) is 24.7. The highest BCUT2D eigenvalue weighted by Crippen LogP contribution is 2.49. The molecule has 1 aliphatic heterocycles. The van der Waals surface area contributed by atoms with E-state index < -0.39 is 16.2 Å². The second kappa shape index (κ2) is 12.2. The molecule has 10 heteroatoms. The normalized spacial score (nSPS) is 20.9. The van der Waals surface area contributed by atoms with Gasteiger partial charge in [-0.3, -0.25) is 9.59 Å². The van der Waals surface area contributed by atoms with Crippen LogP contribution in [0.3, 0.4) is 0 Å². The summed E-state index contributed by atoms with van der Waals surface area (Å²) in [7, 11) is -4.27. The van der Waals surface area contributed by atoms with Gasteiger partial charge in [0, 0.05) is 42.1 Å². The number of benzene rings is 2. The van der Waals surface area contributed by atoms with E-state index in [0.717, 1.165) is 49.3 Å². The minimum Gasteiger partial charge on any atom is -0.748 e. The van der Waals surface area contributed by atoms with Crippen LogP contribution in [0.5, 0.6) is 0 Å². The molecule has 0 unspecified atom stereocenters. The number of thioether (sulfide) groups is 1. The Bertz CT molecular complexity index is 1860. The number of hydrogen-bond donors (Lipinski definition) is 0. The highest BCUT2D eigenvalue weighted by Gasteiger charge is 2.43. The average Bonchev–Trinajstić information content (AvgIpc) is 3.59. The van der Waals surface area contributed by atoms with Crippen molar-refractivity contribution in [3.63, 3.8) is 0 Å². The van der Waals surface area contributed by atoms with E-state index in [9.17, 15) is 22.6 Å². The number of allylic oxidation sites excluding steroid dienone is 6. The second-order valence-electron chi connectivity index (χ2n) is 12.3. The van der Waals surface area contributed by atoms with Crippen molar-refractivity contribution in [2.75, 3.05) is 10.7 Å². The molecule has 1 saturated carbocycles. The third-order valence-electron chi connectivity index (χ3n) is 8.07. The summed E-state index contributed by atoms with van der Waals surface area (Å²) >= 11 is 3.23. The van der Waals surface area contributed by atoms with Gasteiger partial charge in [-0.15, -0.1) is 0 Å². The number of Topliss-reactive ketones (excluding diaryl/α,β-unsaturated/α-hetero) is 2. The third kappa shape index (κ3) is 6.68. The highest BCUT2D eigenvalue weighted by atomic mass is 32.2. The molecular weight excluding hydrogens is 613 g/mol. The SMILES string of the molecule is CC1(C)CC(/C=C2\Sc3ccccc3N2C2C(=O)CCC2=O)=CC(=C/C=C/c2sc3ccccc3[n+]2CCCS(=O)(=O)[O-])/C1. The first-order chi connectivity index (χ1) is 21.0. The van der Waals surface area contributed by atoms with Gasteiger partial charge in [0.05, 0.1) is 20.8 Å². The first-order valence-corrected chi connectivity index (χ1v) is 17.9. The minimum atomic E-state index is -4.27. The van der Waals surface area contributed by atoms with Gasteiger partial charge in [-0.2, -0.15) is 4.57 Å². The highest BCUT2D eigenvalue weighted by molar-refractivity contribution is 8.03. The van der Waals surface area contributed by atoms with Crippen LogP contribution < -0.4 is 9.47 Å². The molecule has 0 spiro atoms. The molecule has 2 aliphatic carbocycles. The van der Waals surface area contributed by atoms with Gasteiger partial charge in [0.2, 0.25) is 5.52 Å². The average molecular weight is 647 g/mol. The number of nitrogens with zero attached hydrogens (tertiary/aromatic N) is 2. The lowest BCUT2D eigenvalue weighted by molar-refractivity contribution is -0.668.